The summed E-state index contributed by atoms with van der Waals surface area (Å²) in [6.07, 6.45) is 1.14. The standard InChI is InChI=1S/C20H22FN5O2/c21-15-7-2-1-6-14(15)19(27)22-11-5-12-23-20(28)24-13-10-18-25-16-8-3-4-9-17(16)26-18/h1-4,6-9H,5,10-13H2,(H,22,27)(H,25,26)(H2,23,24,28). The number of imidazole rings is 1. The summed E-state index contributed by atoms with van der Waals surface area (Å²) in [7, 11) is 0. The molecule has 28 heavy (non-hydrogen) atoms. The number of para-hydroxylation sites is 2. The van der Waals surface area contributed by atoms with Gasteiger partial charge >= 0.3 is 6.03 Å². The van der Waals surface area contributed by atoms with Gasteiger partial charge < -0.3 is 20.9 Å². The van der Waals surface area contributed by atoms with Crippen LogP contribution in [0.5, 0.6) is 0 Å². The van der Waals surface area contributed by atoms with Crippen molar-refractivity contribution in [1.82, 2.24) is 25.9 Å². The largest absolute Gasteiger partial charge is 0.352 e. The molecule has 0 saturated carbocycles. The van der Waals surface area contributed by atoms with Crippen molar-refractivity contribution in [3.63, 3.8) is 0 Å². The molecule has 0 radical (unpaired) electrons. The van der Waals surface area contributed by atoms with Crippen molar-refractivity contribution in [1.29, 1.82) is 0 Å². The minimum atomic E-state index is -0.554. The van der Waals surface area contributed by atoms with Gasteiger partial charge in [-0.1, -0.05) is 24.3 Å². The van der Waals surface area contributed by atoms with Crippen LogP contribution in [0.3, 0.4) is 0 Å². The van der Waals surface area contributed by atoms with Crippen LogP contribution in [0.15, 0.2) is 48.5 Å². The number of nitrogens with one attached hydrogen (secondary N) is 4. The highest BCUT2D eigenvalue weighted by atomic mass is 19.1. The van der Waals surface area contributed by atoms with Crippen LogP contribution >= 0.6 is 0 Å². The first kappa shape index (κ1) is 19.3. The lowest BCUT2D eigenvalue weighted by Gasteiger charge is -2.08. The highest BCUT2D eigenvalue weighted by molar-refractivity contribution is 5.94. The van der Waals surface area contributed by atoms with Crippen molar-refractivity contribution in [2.45, 2.75) is 12.8 Å². The summed E-state index contributed by atoms with van der Waals surface area (Å²) in [6, 6.07) is 13.3. The van der Waals surface area contributed by atoms with Crippen LogP contribution in [0.25, 0.3) is 11.0 Å². The molecule has 0 unspecified atom stereocenters. The van der Waals surface area contributed by atoms with E-state index in [9.17, 15) is 14.0 Å². The number of H-pyrrole nitrogens is 1. The van der Waals surface area contributed by atoms with Gasteiger partial charge in [-0.05, 0) is 30.7 Å². The van der Waals surface area contributed by atoms with Gasteiger partial charge in [-0.15, -0.1) is 0 Å². The third-order valence-corrected chi connectivity index (χ3v) is 4.13. The zero-order chi connectivity index (χ0) is 19.8. The maximum absolute atomic E-state index is 13.5. The van der Waals surface area contributed by atoms with Crippen LogP contribution in [0.4, 0.5) is 9.18 Å². The lowest BCUT2D eigenvalue weighted by Crippen LogP contribution is -2.38. The zero-order valence-corrected chi connectivity index (χ0v) is 15.3. The van der Waals surface area contributed by atoms with Gasteiger partial charge in [-0.25, -0.2) is 14.2 Å². The first-order chi connectivity index (χ1) is 13.6. The summed E-state index contributed by atoms with van der Waals surface area (Å²) in [6.45, 7) is 1.19. The van der Waals surface area contributed by atoms with Crippen LogP contribution in [0, 0.1) is 5.82 Å². The van der Waals surface area contributed by atoms with Crippen LogP contribution in [0.2, 0.25) is 0 Å². The van der Waals surface area contributed by atoms with Gasteiger partial charge in [0.15, 0.2) is 0 Å². The molecule has 0 atom stereocenters. The summed E-state index contributed by atoms with van der Waals surface area (Å²) in [5.41, 5.74) is 1.89. The van der Waals surface area contributed by atoms with Gasteiger partial charge in [-0.2, -0.15) is 0 Å². The number of nitrogens with zero attached hydrogens (tertiary/aromatic N) is 1. The van der Waals surface area contributed by atoms with Crippen LogP contribution < -0.4 is 16.0 Å². The van der Waals surface area contributed by atoms with E-state index in [1.54, 1.807) is 6.07 Å². The summed E-state index contributed by atoms with van der Waals surface area (Å²) in [5, 5.41) is 8.10. The van der Waals surface area contributed by atoms with E-state index in [1.165, 1.54) is 18.2 Å². The molecule has 3 aromatic rings. The number of benzene rings is 2. The Bertz CT molecular complexity index is 923. The van der Waals surface area contributed by atoms with E-state index in [0.29, 0.717) is 32.5 Å². The molecule has 0 spiro atoms. The molecule has 3 amide bonds. The number of hydrogen-bond donors (Lipinski definition) is 4. The van der Waals surface area contributed by atoms with Gasteiger partial charge in [0, 0.05) is 26.1 Å². The van der Waals surface area contributed by atoms with Gasteiger partial charge in [0.2, 0.25) is 0 Å². The Balaban J connectivity index is 1.28. The number of carbonyl (C=O) groups is 2. The zero-order valence-electron chi connectivity index (χ0n) is 15.3. The molecule has 2 aromatic carbocycles. The molecule has 1 heterocycles. The highest BCUT2D eigenvalue weighted by Gasteiger charge is 2.09. The average Bonchev–Trinajstić information content (AvgIpc) is 3.10. The first-order valence-electron chi connectivity index (χ1n) is 9.11. The number of carbonyl (C=O) groups excluding carboxylic acids is 2. The van der Waals surface area contributed by atoms with Gasteiger partial charge in [0.25, 0.3) is 5.91 Å². The maximum atomic E-state index is 13.5. The Kier molecular flexibility index (Phi) is 6.56. The molecule has 1 aromatic heterocycles. The van der Waals surface area contributed by atoms with Crippen molar-refractivity contribution in [2.24, 2.45) is 0 Å². The number of halogens is 1. The van der Waals surface area contributed by atoms with Crippen LogP contribution in [0.1, 0.15) is 22.6 Å². The second-order valence-electron chi connectivity index (χ2n) is 6.22. The summed E-state index contributed by atoms with van der Waals surface area (Å²) < 4.78 is 13.5. The Labute approximate surface area is 161 Å². The van der Waals surface area contributed by atoms with E-state index >= 15 is 0 Å². The Morgan fingerprint density at radius 3 is 2.46 bits per heavy atom. The summed E-state index contributed by atoms with van der Waals surface area (Å²) in [5.74, 6) is -0.201. The molecular formula is C20H22FN5O2. The topological polar surface area (TPSA) is 98.9 Å². The van der Waals surface area contributed by atoms with E-state index in [-0.39, 0.29) is 11.6 Å². The fourth-order valence-corrected chi connectivity index (χ4v) is 2.71. The van der Waals surface area contributed by atoms with Gasteiger partial charge in [0.05, 0.1) is 16.6 Å². The molecule has 0 fully saturated rings. The predicted molar refractivity (Wildman–Crippen MR) is 105 cm³/mol. The van der Waals surface area contributed by atoms with Crippen LogP contribution in [-0.2, 0) is 6.42 Å². The lowest BCUT2D eigenvalue weighted by molar-refractivity contribution is 0.0949. The molecule has 8 heteroatoms. The highest BCUT2D eigenvalue weighted by Crippen LogP contribution is 2.10. The first-order valence-corrected chi connectivity index (χ1v) is 9.11. The second-order valence-corrected chi connectivity index (χ2v) is 6.22. The van der Waals surface area contributed by atoms with Crippen molar-refractivity contribution in [2.75, 3.05) is 19.6 Å². The number of aromatic nitrogens is 2. The third kappa shape index (κ3) is 5.29. The van der Waals surface area contributed by atoms with E-state index < -0.39 is 11.7 Å². The van der Waals surface area contributed by atoms with Gasteiger partial charge in [-0.3, -0.25) is 4.79 Å². The van der Waals surface area contributed by atoms with Crippen LogP contribution in [-0.4, -0.2) is 41.5 Å². The molecule has 7 nitrogen and oxygen atoms in total. The average molecular weight is 383 g/mol. The molecule has 0 saturated heterocycles. The Hall–Kier alpha value is -3.42. The van der Waals surface area contributed by atoms with E-state index in [0.717, 1.165) is 16.9 Å². The number of amides is 3. The molecule has 0 aliphatic heterocycles. The number of hydrogen-bond acceptors (Lipinski definition) is 3. The molecule has 0 aliphatic rings. The predicted octanol–water partition coefficient (Wildman–Crippen LogP) is 2.36. The van der Waals surface area contributed by atoms with Crippen molar-refractivity contribution in [3.8, 4) is 0 Å². The number of rotatable bonds is 8. The monoisotopic (exact) mass is 383 g/mol. The number of urea groups is 1. The Morgan fingerprint density at radius 1 is 0.929 bits per heavy atom. The molecular weight excluding hydrogens is 361 g/mol. The SMILES string of the molecule is O=C(NCCCNC(=O)c1ccccc1F)NCCc1nc2ccccc2[nH]1. The molecule has 0 bridgehead atoms. The molecule has 4 N–H and O–H groups in total. The normalized spacial score (nSPS) is 10.6. The van der Waals surface area contributed by atoms with E-state index in [4.69, 9.17) is 0 Å². The van der Waals surface area contributed by atoms with E-state index in [1.807, 2.05) is 24.3 Å². The third-order valence-electron chi connectivity index (χ3n) is 4.13. The fraction of sp³-hybridized carbons (Fsp3) is 0.250. The smallest absolute Gasteiger partial charge is 0.314 e. The lowest BCUT2D eigenvalue weighted by atomic mass is 10.2. The minimum absolute atomic E-state index is 0.0128. The molecule has 3 rings (SSSR count). The minimum Gasteiger partial charge on any atom is -0.352 e. The Morgan fingerprint density at radius 2 is 1.64 bits per heavy atom. The van der Waals surface area contributed by atoms with Crippen molar-refractivity contribution < 1.29 is 14.0 Å². The fourth-order valence-electron chi connectivity index (χ4n) is 2.71. The summed E-state index contributed by atoms with van der Waals surface area (Å²) in [4.78, 5) is 31.3. The molecule has 0 aliphatic carbocycles. The van der Waals surface area contributed by atoms with Gasteiger partial charge in [0.1, 0.15) is 11.6 Å². The maximum Gasteiger partial charge on any atom is 0.314 e. The molecule has 146 valence electrons. The van der Waals surface area contributed by atoms with E-state index in [2.05, 4.69) is 25.9 Å². The number of aromatic amines is 1. The second kappa shape index (κ2) is 9.50. The summed E-state index contributed by atoms with van der Waals surface area (Å²) >= 11 is 0. The van der Waals surface area contributed by atoms with Crippen molar-refractivity contribution >= 4 is 23.0 Å². The quantitative estimate of drug-likeness (QED) is 0.450. The van der Waals surface area contributed by atoms with Crippen molar-refractivity contribution in [3.05, 3.63) is 65.7 Å². The number of fused-ring (bicyclic) bond motifs is 1.